The van der Waals surface area contributed by atoms with Gasteiger partial charge in [0.15, 0.2) is 0 Å². The van der Waals surface area contributed by atoms with Crippen LogP contribution in [-0.4, -0.2) is 8.32 Å². The van der Waals surface area contributed by atoms with Crippen molar-refractivity contribution in [1.29, 1.82) is 0 Å². The first-order chi connectivity index (χ1) is 7.92. The van der Waals surface area contributed by atoms with Crippen molar-refractivity contribution in [3.05, 3.63) is 11.8 Å². The molecular weight excluding hydrogens is 236 g/mol. The van der Waals surface area contributed by atoms with E-state index in [0.717, 1.165) is 5.92 Å². The molecule has 0 aromatic heterocycles. The Labute approximate surface area is 114 Å². The third-order valence-corrected chi connectivity index (χ3v) is 10.7. The average molecular weight is 267 g/mol. The molecule has 0 aromatic carbocycles. The molecule has 2 atom stereocenters. The van der Waals surface area contributed by atoms with E-state index in [-0.39, 0.29) is 10.5 Å². The lowest BCUT2D eigenvalue weighted by molar-refractivity contribution is 0.125. The molecular formula is C16H30OSi. The molecule has 2 aliphatic carbocycles. The third-order valence-electron chi connectivity index (χ3n) is 6.37. The van der Waals surface area contributed by atoms with E-state index in [1.165, 1.54) is 18.6 Å². The highest BCUT2D eigenvalue weighted by Crippen LogP contribution is 2.65. The van der Waals surface area contributed by atoms with Gasteiger partial charge in [-0.3, -0.25) is 0 Å². The maximum atomic E-state index is 6.64. The molecule has 2 aliphatic rings. The minimum absolute atomic E-state index is 0.271. The smallest absolute Gasteiger partial charge is 0.250 e. The Morgan fingerprint density at radius 2 is 1.78 bits per heavy atom. The number of hydrogen-bond acceptors (Lipinski definition) is 1. The molecule has 0 unspecified atom stereocenters. The van der Waals surface area contributed by atoms with Gasteiger partial charge >= 0.3 is 0 Å². The van der Waals surface area contributed by atoms with Crippen molar-refractivity contribution in [3.63, 3.8) is 0 Å². The molecule has 104 valence electrons. The summed E-state index contributed by atoms with van der Waals surface area (Å²) in [6.45, 7) is 18.9. The standard InChI is InChI=1S/C16H30OSi/c1-14(2,3)18(7,8)17-13-11-12-9-10-16(13,6)15(12,4)5/h11-12H,9-10H2,1-8H3/t12-,16+/m0/s1. The average Bonchev–Trinajstić information content (AvgIpc) is 2.48. The Morgan fingerprint density at radius 1 is 1.22 bits per heavy atom. The van der Waals surface area contributed by atoms with E-state index >= 15 is 0 Å². The van der Waals surface area contributed by atoms with Crippen molar-refractivity contribution in [2.24, 2.45) is 16.7 Å². The first kappa shape index (κ1) is 14.2. The fourth-order valence-corrected chi connectivity index (χ4v) is 4.36. The second-order valence-corrected chi connectivity index (χ2v) is 13.3. The second kappa shape index (κ2) is 3.65. The van der Waals surface area contributed by atoms with Gasteiger partial charge in [-0.05, 0) is 48.4 Å². The topological polar surface area (TPSA) is 9.23 Å². The molecule has 0 amide bonds. The molecule has 2 rings (SSSR count). The van der Waals surface area contributed by atoms with Crippen LogP contribution in [0, 0.1) is 16.7 Å². The van der Waals surface area contributed by atoms with Crippen molar-refractivity contribution in [3.8, 4) is 0 Å². The molecule has 0 spiro atoms. The molecule has 0 saturated heterocycles. The van der Waals surface area contributed by atoms with Gasteiger partial charge in [-0.1, -0.05) is 41.5 Å². The molecule has 0 heterocycles. The lowest BCUT2D eigenvalue weighted by Gasteiger charge is -2.43. The van der Waals surface area contributed by atoms with Crippen molar-refractivity contribution < 1.29 is 4.43 Å². The highest BCUT2D eigenvalue weighted by molar-refractivity contribution is 6.74. The summed E-state index contributed by atoms with van der Waals surface area (Å²) in [6.07, 6.45) is 5.09. The Morgan fingerprint density at radius 3 is 2.11 bits per heavy atom. The van der Waals surface area contributed by atoms with Gasteiger partial charge < -0.3 is 4.43 Å². The van der Waals surface area contributed by atoms with Crippen LogP contribution in [-0.2, 0) is 4.43 Å². The predicted octanol–water partition coefficient (Wildman–Crippen LogP) is 5.35. The third kappa shape index (κ3) is 1.71. The molecule has 0 radical (unpaired) electrons. The van der Waals surface area contributed by atoms with Crippen LogP contribution in [0.4, 0.5) is 0 Å². The van der Waals surface area contributed by atoms with E-state index in [2.05, 4.69) is 60.7 Å². The van der Waals surface area contributed by atoms with Gasteiger partial charge in [0, 0.05) is 5.41 Å². The van der Waals surface area contributed by atoms with Gasteiger partial charge in [0.2, 0.25) is 8.32 Å². The summed E-state index contributed by atoms with van der Waals surface area (Å²) in [7, 11) is -1.69. The number of allylic oxidation sites excluding steroid dienone is 2. The van der Waals surface area contributed by atoms with E-state index in [0.29, 0.717) is 5.41 Å². The first-order valence-corrected chi connectivity index (χ1v) is 10.2. The van der Waals surface area contributed by atoms with Crippen LogP contribution < -0.4 is 0 Å². The summed E-state index contributed by atoms with van der Waals surface area (Å²) in [5.74, 6) is 2.04. The van der Waals surface area contributed by atoms with Crippen LogP contribution >= 0.6 is 0 Å². The van der Waals surface area contributed by atoms with Crippen LogP contribution in [0.25, 0.3) is 0 Å². The fourth-order valence-electron chi connectivity index (χ4n) is 3.21. The van der Waals surface area contributed by atoms with Gasteiger partial charge in [-0.25, -0.2) is 0 Å². The van der Waals surface area contributed by atoms with Crippen molar-refractivity contribution in [1.82, 2.24) is 0 Å². The molecule has 0 aliphatic heterocycles. The number of rotatable bonds is 2. The minimum Gasteiger partial charge on any atom is -0.546 e. The molecule has 1 nitrogen and oxygen atoms in total. The van der Waals surface area contributed by atoms with E-state index in [9.17, 15) is 0 Å². The monoisotopic (exact) mass is 266 g/mol. The van der Waals surface area contributed by atoms with Crippen molar-refractivity contribution >= 4 is 8.32 Å². The van der Waals surface area contributed by atoms with E-state index in [4.69, 9.17) is 4.43 Å². The molecule has 2 heteroatoms. The summed E-state index contributed by atoms with van der Waals surface area (Å²) in [6, 6.07) is 0. The zero-order chi connectivity index (χ0) is 14.0. The maximum absolute atomic E-state index is 6.64. The quantitative estimate of drug-likeness (QED) is 0.612. The Hall–Kier alpha value is -0.243. The summed E-state index contributed by atoms with van der Waals surface area (Å²) in [5, 5.41) is 0.288. The molecule has 0 N–H and O–H groups in total. The summed E-state index contributed by atoms with van der Waals surface area (Å²) in [4.78, 5) is 0. The Kier molecular flexibility index (Phi) is 2.87. The van der Waals surface area contributed by atoms with Crippen LogP contribution in [0.1, 0.15) is 54.4 Å². The lowest BCUT2D eigenvalue weighted by atomic mass is 9.70. The molecule has 18 heavy (non-hydrogen) atoms. The van der Waals surface area contributed by atoms with Gasteiger partial charge in [0.1, 0.15) is 0 Å². The first-order valence-electron chi connectivity index (χ1n) is 7.33. The van der Waals surface area contributed by atoms with Crippen LogP contribution in [0.5, 0.6) is 0 Å². The maximum Gasteiger partial charge on any atom is 0.250 e. The van der Waals surface area contributed by atoms with E-state index < -0.39 is 8.32 Å². The largest absolute Gasteiger partial charge is 0.546 e. The van der Waals surface area contributed by atoms with Crippen molar-refractivity contribution in [2.75, 3.05) is 0 Å². The summed E-state index contributed by atoms with van der Waals surface area (Å²) >= 11 is 0. The molecule has 1 fully saturated rings. The summed E-state index contributed by atoms with van der Waals surface area (Å²) < 4.78 is 6.64. The molecule has 1 saturated carbocycles. The lowest BCUT2D eigenvalue weighted by Crippen LogP contribution is -2.43. The Balaban J connectivity index is 2.26. The van der Waals surface area contributed by atoms with Gasteiger partial charge in [-0.2, -0.15) is 0 Å². The molecule has 0 aromatic rings. The zero-order valence-electron chi connectivity index (χ0n) is 13.5. The van der Waals surface area contributed by atoms with Gasteiger partial charge in [0.25, 0.3) is 0 Å². The zero-order valence-corrected chi connectivity index (χ0v) is 14.5. The fraction of sp³-hybridized carbons (Fsp3) is 0.875. The SMILES string of the molecule is CC1(C)[C@@H]2C=C(O[Si](C)(C)C(C)(C)C)[C@@]1(C)CC2. The highest BCUT2D eigenvalue weighted by Gasteiger charge is 2.59. The Bertz CT molecular complexity index is 386. The van der Waals surface area contributed by atoms with Gasteiger partial charge in [-0.15, -0.1) is 0 Å². The van der Waals surface area contributed by atoms with Crippen LogP contribution in [0.3, 0.4) is 0 Å². The predicted molar refractivity (Wildman–Crippen MR) is 81.0 cm³/mol. The normalized spacial score (nSPS) is 34.7. The van der Waals surface area contributed by atoms with Crippen LogP contribution in [0.15, 0.2) is 11.8 Å². The summed E-state index contributed by atoms with van der Waals surface area (Å²) in [5.41, 5.74) is 0.651. The van der Waals surface area contributed by atoms with E-state index in [1.807, 2.05) is 0 Å². The second-order valence-electron chi connectivity index (χ2n) is 8.59. The molecule has 2 bridgehead atoms. The van der Waals surface area contributed by atoms with E-state index in [1.54, 1.807) is 0 Å². The van der Waals surface area contributed by atoms with Crippen molar-refractivity contribution in [2.45, 2.75) is 72.5 Å². The number of fused-ring (bicyclic) bond motifs is 2. The minimum atomic E-state index is -1.69. The van der Waals surface area contributed by atoms with Crippen LogP contribution in [0.2, 0.25) is 18.1 Å². The van der Waals surface area contributed by atoms with Gasteiger partial charge in [0.05, 0.1) is 5.76 Å². The number of hydrogen-bond donors (Lipinski definition) is 0. The highest BCUT2D eigenvalue weighted by atomic mass is 28.4.